The number of nitrogens with two attached hydrogens (primary N) is 2. The van der Waals surface area contributed by atoms with E-state index in [2.05, 4.69) is 46.1 Å². The number of tetrazole rings is 2. The maximum absolute atomic E-state index is 4.96. The van der Waals surface area contributed by atoms with Gasteiger partial charge < -0.3 is 16.4 Å². The zero-order valence-electron chi connectivity index (χ0n) is 11.0. The number of anilines is 2. The Bertz CT molecular complexity index is 389. The molecule has 0 aliphatic carbocycles. The Hall–Kier alpha value is -2.34. The fourth-order valence-electron chi connectivity index (χ4n) is 1.98. The van der Waals surface area contributed by atoms with Crippen molar-refractivity contribution in [3.8, 4) is 0 Å². The lowest BCUT2D eigenvalue weighted by molar-refractivity contribution is -0.914. The molecule has 12 nitrogen and oxygen atoms in total. The molecule has 2 aromatic rings. The Balaban J connectivity index is 0.000000112. The van der Waals surface area contributed by atoms with Crippen LogP contribution >= 0.6 is 0 Å². The number of nitrogens with one attached hydrogen (secondary N) is 2. The van der Waals surface area contributed by atoms with Crippen LogP contribution in [-0.2, 0) is 0 Å². The number of hydrogen-bond acceptors (Lipinski definition) is 9. The van der Waals surface area contributed by atoms with E-state index in [0.29, 0.717) is 0 Å². The summed E-state index contributed by atoms with van der Waals surface area (Å²) in [5, 5.41) is 24.6. The van der Waals surface area contributed by atoms with Crippen molar-refractivity contribution >= 4 is 11.9 Å². The Morgan fingerprint density at radius 2 is 1.80 bits per heavy atom. The second-order valence-corrected chi connectivity index (χ2v) is 4.35. The normalized spacial score (nSPS) is 23.2. The second-order valence-electron chi connectivity index (χ2n) is 4.35. The standard InChI is InChI=1S/C6H12N2.CH3N5.CH2N5/c1-2-8-5-3-7(1)4-6-8;2*2-1-3-5-6-4-1/h1-6H2;(H3,2,3,4,5,6);(H2-,2,3,4,5,6)/q;;-1/p+1. The lowest BCUT2D eigenvalue weighted by Gasteiger charge is -2.38. The van der Waals surface area contributed by atoms with Gasteiger partial charge in [-0.25, -0.2) is 5.10 Å². The first-order valence-electron chi connectivity index (χ1n) is 6.23. The molecule has 0 spiro atoms. The lowest BCUT2D eigenvalue weighted by atomic mass is 10.2. The Morgan fingerprint density at radius 1 is 1.10 bits per heavy atom. The number of quaternary nitrogens is 1. The van der Waals surface area contributed by atoms with Crippen molar-refractivity contribution in [2.45, 2.75) is 0 Å². The molecule has 12 heteroatoms. The van der Waals surface area contributed by atoms with Gasteiger partial charge in [-0.15, -0.1) is 10.3 Å². The molecule has 6 N–H and O–H groups in total. The van der Waals surface area contributed by atoms with Gasteiger partial charge in [0.2, 0.25) is 0 Å². The van der Waals surface area contributed by atoms with Crippen LogP contribution in [0.15, 0.2) is 0 Å². The van der Waals surface area contributed by atoms with E-state index in [0.717, 1.165) is 0 Å². The van der Waals surface area contributed by atoms with Crippen LogP contribution in [-0.4, -0.2) is 80.3 Å². The minimum Gasteiger partial charge on any atom is -0.430 e. The topological polar surface area (TPSA) is 167 Å². The molecule has 0 amide bonds. The average molecular weight is 282 g/mol. The van der Waals surface area contributed by atoms with Crippen LogP contribution in [0.4, 0.5) is 11.9 Å². The summed E-state index contributed by atoms with van der Waals surface area (Å²) in [6, 6.07) is 0. The smallest absolute Gasteiger partial charge is 0.260 e. The highest BCUT2D eigenvalue weighted by molar-refractivity contribution is 5.05. The maximum Gasteiger partial charge on any atom is 0.260 e. The largest absolute Gasteiger partial charge is 0.430 e. The van der Waals surface area contributed by atoms with Crippen molar-refractivity contribution in [2.24, 2.45) is 0 Å². The molecule has 3 saturated heterocycles. The van der Waals surface area contributed by atoms with Crippen molar-refractivity contribution in [2.75, 3.05) is 50.7 Å². The van der Waals surface area contributed by atoms with Gasteiger partial charge in [0, 0.05) is 19.6 Å². The van der Waals surface area contributed by atoms with Crippen molar-refractivity contribution in [1.29, 1.82) is 0 Å². The third-order valence-corrected chi connectivity index (χ3v) is 3.04. The van der Waals surface area contributed by atoms with Crippen molar-refractivity contribution in [3.63, 3.8) is 0 Å². The minimum atomic E-state index is 0.120. The highest BCUT2D eigenvalue weighted by Gasteiger charge is 2.25. The van der Waals surface area contributed by atoms with Gasteiger partial charge in [-0.3, -0.25) is 10.00 Å². The molecule has 0 unspecified atom stereocenters. The van der Waals surface area contributed by atoms with Crippen molar-refractivity contribution < 1.29 is 4.90 Å². The molecule has 0 atom stereocenters. The van der Waals surface area contributed by atoms with Crippen LogP contribution in [0, 0.1) is 0 Å². The lowest BCUT2D eigenvalue weighted by Crippen LogP contribution is -3.17. The molecule has 2 bridgehead atoms. The zero-order valence-corrected chi connectivity index (χ0v) is 11.0. The Labute approximate surface area is 114 Å². The first-order valence-corrected chi connectivity index (χ1v) is 6.23. The Morgan fingerprint density at radius 3 is 1.95 bits per heavy atom. The van der Waals surface area contributed by atoms with Gasteiger partial charge in [-0.1, -0.05) is 5.10 Å². The van der Waals surface area contributed by atoms with Gasteiger partial charge in [0.15, 0.2) is 0 Å². The number of rotatable bonds is 0. The summed E-state index contributed by atoms with van der Waals surface area (Å²) in [5.41, 5.74) is 9.89. The first kappa shape index (κ1) is 14.1. The van der Waals surface area contributed by atoms with Gasteiger partial charge in [0.05, 0.1) is 25.6 Å². The molecule has 5 rings (SSSR count). The number of nitrogen functional groups attached to an aromatic ring is 2. The predicted octanol–water partition coefficient (Wildman–Crippen LogP) is -4.61. The molecule has 5 heterocycles. The van der Waals surface area contributed by atoms with Gasteiger partial charge >= 0.3 is 0 Å². The third-order valence-electron chi connectivity index (χ3n) is 3.04. The Kier molecular flexibility index (Phi) is 5.14. The molecule has 3 fully saturated rings. The molecule has 20 heavy (non-hydrogen) atoms. The fourth-order valence-corrected chi connectivity index (χ4v) is 1.98. The highest BCUT2D eigenvalue weighted by Crippen LogP contribution is 1.91. The SMILES string of the molecule is C1C[NH+]2CCN1CC2.Nc1nn[nH]n1.Nc1nnn[n-]1. The molecule has 3 aliphatic rings. The van der Waals surface area contributed by atoms with E-state index in [1.807, 2.05) is 4.90 Å². The number of aromatic nitrogens is 8. The fraction of sp³-hybridized carbons (Fsp3) is 0.750. The number of nitrogens with zero attached hydrogens (tertiary/aromatic N) is 8. The maximum atomic E-state index is 4.96. The summed E-state index contributed by atoms with van der Waals surface area (Å²) in [6.07, 6.45) is 0. The van der Waals surface area contributed by atoms with Crippen LogP contribution in [0.2, 0.25) is 0 Å². The van der Waals surface area contributed by atoms with E-state index in [1.165, 1.54) is 39.3 Å². The first-order chi connectivity index (χ1) is 9.74. The van der Waals surface area contributed by atoms with E-state index < -0.39 is 0 Å². The summed E-state index contributed by atoms with van der Waals surface area (Å²) in [7, 11) is 0. The highest BCUT2D eigenvalue weighted by atomic mass is 15.5. The molecule has 2 aromatic heterocycles. The van der Waals surface area contributed by atoms with Crippen LogP contribution in [0.3, 0.4) is 0 Å². The molecule has 0 radical (unpaired) electrons. The average Bonchev–Trinajstić information content (AvgIpc) is 3.16. The molecule has 0 saturated carbocycles. The zero-order chi connectivity index (χ0) is 14.2. The number of fused-ring (bicyclic) bond motifs is 3. The van der Waals surface area contributed by atoms with Gasteiger partial charge in [-0.05, 0) is 5.21 Å². The quantitative estimate of drug-likeness (QED) is 0.369. The van der Waals surface area contributed by atoms with Crippen LogP contribution in [0.25, 0.3) is 0 Å². The predicted molar refractivity (Wildman–Crippen MR) is 68.2 cm³/mol. The number of piperazine rings is 3. The van der Waals surface area contributed by atoms with Gasteiger partial charge in [0.25, 0.3) is 5.95 Å². The van der Waals surface area contributed by atoms with E-state index >= 15 is 0 Å². The van der Waals surface area contributed by atoms with E-state index in [4.69, 9.17) is 11.5 Å². The molecule has 0 aromatic carbocycles. The molecule has 3 aliphatic heterocycles. The van der Waals surface area contributed by atoms with Crippen molar-refractivity contribution in [1.82, 2.24) is 46.1 Å². The third kappa shape index (κ3) is 4.74. The van der Waals surface area contributed by atoms with Crippen LogP contribution < -0.4 is 21.5 Å². The van der Waals surface area contributed by atoms with E-state index in [9.17, 15) is 0 Å². The van der Waals surface area contributed by atoms with Gasteiger partial charge in [-0.2, -0.15) is 10.4 Å². The second kappa shape index (κ2) is 7.30. The summed E-state index contributed by atoms with van der Waals surface area (Å²) in [5.74, 6) is 0.296. The number of H-pyrrole nitrogens is 1. The number of hydrogen-bond donors (Lipinski definition) is 4. The molecule has 110 valence electrons. The van der Waals surface area contributed by atoms with Crippen LogP contribution in [0.1, 0.15) is 0 Å². The summed E-state index contributed by atoms with van der Waals surface area (Å²) < 4.78 is 0. The van der Waals surface area contributed by atoms with Gasteiger partial charge in [0.1, 0.15) is 0 Å². The van der Waals surface area contributed by atoms with Crippen LogP contribution in [0.5, 0.6) is 0 Å². The summed E-state index contributed by atoms with van der Waals surface area (Å²) >= 11 is 0. The monoisotopic (exact) mass is 282 g/mol. The minimum absolute atomic E-state index is 0.120. The molecular formula is C8H18N12. The van der Waals surface area contributed by atoms with E-state index in [1.54, 1.807) is 0 Å². The van der Waals surface area contributed by atoms with Crippen molar-refractivity contribution in [3.05, 3.63) is 0 Å². The summed E-state index contributed by atoms with van der Waals surface area (Å²) in [6.45, 7) is 8.28. The summed E-state index contributed by atoms with van der Waals surface area (Å²) in [4.78, 5) is 4.39. The number of aromatic amines is 1. The van der Waals surface area contributed by atoms with E-state index in [-0.39, 0.29) is 11.9 Å². The molecular weight excluding hydrogens is 264 g/mol.